The minimum absolute atomic E-state index is 0.0825. The number of hydrogen-bond donors (Lipinski definition) is 2. The highest BCUT2D eigenvalue weighted by Crippen LogP contribution is 2.22. The molecule has 0 aliphatic heterocycles. The van der Waals surface area contributed by atoms with Gasteiger partial charge < -0.3 is 10.1 Å². The smallest absolute Gasteiger partial charge is 0.335 e. The van der Waals surface area contributed by atoms with Crippen LogP contribution >= 0.6 is 0 Å². The Kier molecular flexibility index (Phi) is 3.97. The molecule has 1 aromatic carbocycles. The monoisotopic (exact) mass is 290 g/mol. The van der Waals surface area contributed by atoms with E-state index in [0.717, 1.165) is 6.42 Å². The van der Waals surface area contributed by atoms with Crippen LogP contribution in [0.4, 0.5) is 0 Å². The molecule has 0 fully saturated rings. The summed E-state index contributed by atoms with van der Waals surface area (Å²) in [5.74, 6) is -0.889. The Labute approximate surface area is 121 Å². The minimum atomic E-state index is -1.07. The van der Waals surface area contributed by atoms with E-state index in [1.807, 2.05) is 20.8 Å². The summed E-state index contributed by atoms with van der Waals surface area (Å²) in [5.41, 5.74) is -0.371. The first-order valence-electron chi connectivity index (χ1n) is 6.88. The number of benzene rings is 1. The van der Waals surface area contributed by atoms with Crippen LogP contribution in [0.25, 0.3) is 11.0 Å². The van der Waals surface area contributed by atoms with Crippen LogP contribution in [0.5, 0.6) is 0 Å². The fraction of sp³-hybridized carbons (Fsp3) is 0.400. The summed E-state index contributed by atoms with van der Waals surface area (Å²) in [7, 11) is 0. The number of H-pyrrole nitrogens is 1. The van der Waals surface area contributed by atoms with Crippen LogP contribution in [-0.4, -0.2) is 20.6 Å². The van der Waals surface area contributed by atoms with E-state index in [1.165, 1.54) is 22.8 Å². The number of carbonyl (C=O) groups is 1. The summed E-state index contributed by atoms with van der Waals surface area (Å²) in [6.07, 6.45) is 0.848. The van der Waals surface area contributed by atoms with Gasteiger partial charge in [-0.1, -0.05) is 20.3 Å². The lowest BCUT2D eigenvalue weighted by atomic mass is 10.00. The van der Waals surface area contributed by atoms with Crippen LogP contribution in [0, 0.1) is 5.92 Å². The van der Waals surface area contributed by atoms with Crippen molar-refractivity contribution in [2.45, 2.75) is 33.2 Å². The quantitative estimate of drug-likeness (QED) is 0.842. The lowest BCUT2D eigenvalue weighted by molar-refractivity contribution is 0.0697. The van der Waals surface area contributed by atoms with Gasteiger partial charge in [-0.3, -0.25) is 14.2 Å². The molecule has 2 N–H and O–H groups in total. The van der Waals surface area contributed by atoms with E-state index in [9.17, 15) is 14.4 Å². The third-order valence-electron chi connectivity index (χ3n) is 4.04. The molecule has 112 valence electrons. The number of rotatable bonds is 4. The number of carboxylic acid groups (broad SMARTS) is 1. The fourth-order valence-corrected chi connectivity index (χ4v) is 2.36. The first-order valence-corrected chi connectivity index (χ1v) is 6.88. The molecule has 2 rings (SSSR count). The second kappa shape index (κ2) is 5.55. The Balaban J connectivity index is 2.84. The van der Waals surface area contributed by atoms with Gasteiger partial charge in [-0.25, -0.2) is 4.79 Å². The maximum absolute atomic E-state index is 12.2. The van der Waals surface area contributed by atoms with Gasteiger partial charge in [0.1, 0.15) is 0 Å². The van der Waals surface area contributed by atoms with E-state index in [1.54, 1.807) is 0 Å². The summed E-state index contributed by atoms with van der Waals surface area (Å²) >= 11 is 0. The maximum atomic E-state index is 12.2. The van der Waals surface area contributed by atoms with Gasteiger partial charge in [-0.2, -0.15) is 0 Å². The SMILES string of the molecule is CCC(C)C(C)n1c(=O)c(=O)[nH]c2ccc(C(=O)O)cc21. The van der Waals surface area contributed by atoms with Crippen molar-refractivity contribution in [3.8, 4) is 0 Å². The van der Waals surface area contributed by atoms with Crippen molar-refractivity contribution in [1.82, 2.24) is 9.55 Å². The van der Waals surface area contributed by atoms with Crippen LogP contribution in [0.2, 0.25) is 0 Å². The molecule has 1 aromatic heterocycles. The Morgan fingerprint density at radius 3 is 2.57 bits per heavy atom. The molecule has 0 bridgehead atoms. The number of aromatic nitrogens is 2. The highest BCUT2D eigenvalue weighted by Gasteiger charge is 2.19. The molecular weight excluding hydrogens is 272 g/mol. The molecule has 2 unspecified atom stereocenters. The summed E-state index contributed by atoms with van der Waals surface area (Å²) in [6.45, 7) is 5.86. The lowest BCUT2D eigenvalue weighted by Crippen LogP contribution is -2.39. The maximum Gasteiger partial charge on any atom is 0.335 e. The number of aromatic carboxylic acids is 1. The summed E-state index contributed by atoms with van der Waals surface area (Å²) < 4.78 is 1.40. The average Bonchev–Trinajstić information content (AvgIpc) is 2.46. The number of nitrogens with zero attached hydrogens (tertiary/aromatic N) is 1. The van der Waals surface area contributed by atoms with Gasteiger partial charge in [0.15, 0.2) is 0 Å². The second-order valence-corrected chi connectivity index (χ2v) is 5.29. The Bertz CT molecular complexity index is 803. The molecule has 0 radical (unpaired) electrons. The van der Waals surface area contributed by atoms with E-state index in [-0.39, 0.29) is 17.5 Å². The van der Waals surface area contributed by atoms with Crippen LogP contribution in [0.3, 0.4) is 0 Å². The van der Waals surface area contributed by atoms with Gasteiger partial charge in [-0.15, -0.1) is 0 Å². The van der Waals surface area contributed by atoms with E-state index in [2.05, 4.69) is 4.98 Å². The fourth-order valence-electron chi connectivity index (χ4n) is 2.36. The predicted molar refractivity (Wildman–Crippen MR) is 80.0 cm³/mol. The van der Waals surface area contributed by atoms with E-state index >= 15 is 0 Å². The van der Waals surface area contributed by atoms with Gasteiger partial charge in [0.25, 0.3) is 0 Å². The number of carboxylic acids is 1. The molecule has 0 aliphatic carbocycles. The molecule has 0 saturated heterocycles. The minimum Gasteiger partial charge on any atom is -0.478 e. The van der Waals surface area contributed by atoms with Crippen molar-refractivity contribution in [3.63, 3.8) is 0 Å². The molecule has 2 atom stereocenters. The number of nitrogens with one attached hydrogen (secondary N) is 1. The zero-order chi connectivity index (χ0) is 15.7. The first-order chi connectivity index (χ1) is 9.86. The largest absolute Gasteiger partial charge is 0.478 e. The first kappa shape index (κ1) is 15.0. The Morgan fingerprint density at radius 2 is 2.00 bits per heavy atom. The van der Waals surface area contributed by atoms with Gasteiger partial charge in [0.2, 0.25) is 0 Å². The third kappa shape index (κ3) is 2.61. The van der Waals surface area contributed by atoms with Gasteiger partial charge in [0.05, 0.1) is 16.6 Å². The number of fused-ring (bicyclic) bond motifs is 1. The molecule has 0 aliphatic rings. The topological polar surface area (TPSA) is 92.2 Å². The molecule has 0 saturated carbocycles. The van der Waals surface area contributed by atoms with Crippen molar-refractivity contribution in [2.24, 2.45) is 5.92 Å². The van der Waals surface area contributed by atoms with Gasteiger partial charge in [-0.05, 0) is 31.0 Å². The Morgan fingerprint density at radius 1 is 1.33 bits per heavy atom. The molecule has 0 spiro atoms. The van der Waals surface area contributed by atoms with Crippen molar-refractivity contribution < 1.29 is 9.90 Å². The zero-order valence-electron chi connectivity index (χ0n) is 12.2. The van der Waals surface area contributed by atoms with Crippen LogP contribution in [0.15, 0.2) is 27.8 Å². The molecule has 6 nitrogen and oxygen atoms in total. The number of aromatic amines is 1. The predicted octanol–water partition coefficient (Wildman–Crippen LogP) is 2.00. The van der Waals surface area contributed by atoms with E-state index in [0.29, 0.717) is 11.0 Å². The van der Waals surface area contributed by atoms with E-state index < -0.39 is 17.1 Å². The highest BCUT2D eigenvalue weighted by molar-refractivity contribution is 5.92. The second-order valence-electron chi connectivity index (χ2n) is 5.29. The van der Waals surface area contributed by atoms with Crippen molar-refractivity contribution >= 4 is 17.0 Å². The number of hydrogen-bond acceptors (Lipinski definition) is 3. The van der Waals surface area contributed by atoms with Crippen molar-refractivity contribution in [1.29, 1.82) is 0 Å². The van der Waals surface area contributed by atoms with Gasteiger partial charge >= 0.3 is 17.1 Å². The molecular formula is C15H18N2O4. The standard InChI is InChI=1S/C15H18N2O4/c1-4-8(2)9(3)17-12-7-10(15(20)21)5-6-11(12)16-13(18)14(17)19/h5-9H,4H2,1-3H3,(H,16,18)(H,20,21). The zero-order valence-corrected chi connectivity index (χ0v) is 12.2. The van der Waals surface area contributed by atoms with Crippen LogP contribution in [-0.2, 0) is 0 Å². The normalized spacial score (nSPS) is 14.0. The van der Waals surface area contributed by atoms with Crippen molar-refractivity contribution in [2.75, 3.05) is 0 Å². The summed E-state index contributed by atoms with van der Waals surface area (Å²) in [5, 5.41) is 9.09. The molecule has 6 heteroatoms. The molecule has 0 amide bonds. The lowest BCUT2D eigenvalue weighted by Gasteiger charge is -2.22. The Hall–Kier alpha value is -2.37. The van der Waals surface area contributed by atoms with Crippen LogP contribution in [0.1, 0.15) is 43.6 Å². The summed E-state index contributed by atoms with van der Waals surface area (Å²) in [4.78, 5) is 37.6. The highest BCUT2D eigenvalue weighted by atomic mass is 16.4. The van der Waals surface area contributed by atoms with Gasteiger partial charge in [0, 0.05) is 6.04 Å². The molecule has 2 aromatic rings. The third-order valence-corrected chi connectivity index (χ3v) is 4.04. The average molecular weight is 290 g/mol. The summed E-state index contributed by atoms with van der Waals surface area (Å²) in [6, 6.07) is 4.15. The molecule has 21 heavy (non-hydrogen) atoms. The van der Waals surface area contributed by atoms with E-state index in [4.69, 9.17) is 5.11 Å². The van der Waals surface area contributed by atoms with Crippen LogP contribution < -0.4 is 11.1 Å². The molecule has 1 heterocycles. The van der Waals surface area contributed by atoms with Crippen molar-refractivity contribution in [3.05, 3.63) is 44.5 Å².